The number of carbonyl (C=O) groups excluding carboxylic acids is 2. The molecule has 42 heavy (non-hydrogen) atoms. The normalized spacial score (nSPS) is 14.6. The van der Waals surface area contributed by atoms with Crippen molar-refractivity contribution in [2.75, 3.05) is 20.1 Å². The summed E-state index contributed by atoms with van der Waals surface area (Å²) < 4.78 is 31.8. The Labute approximate surface area is 247 Å². The molecule has 3 N–H and O–H groups in total. The predicted octanol–water partition coefficient (Wildman–Crippen LogP) is 4.03. The Hall–Kier alpha value is -3.61. The van der Waals surface area contributed by atoms with E-state index in [1.54, 1.807) is 14.0 Å². The van der Waals surface area contributed by atoms with E-state index in [4.69, 9.17) is 14.5 Å². The van der Waals surface area contributed by atoms with Crippen LogP contribution in [0, 0.1) is 12.8 Å². The molecule has 1 aliphatic rings. The second-order valence-corrected chi connectivity index (χ2v) is 11.8. The number of hydrogen-bond donors (Lipinski definition) is 3. The number of nitrogens with zero attached hydrogens (tertiary/aromatic N) is 2. The molecule has 1 saturated carbocycles. The fourth-order valence-corrected chi connectivity index (χ4v) is 5.42. The van der Waals surface area contributed by atoms with E-state index in [1.807, 2.05) is 37.3 Å². The first-order valence-electron chi connectivity index (χ1n) is 14.2. The van der Waals surface area contributed by atoms with Crippen molar-refractivity contribution in [3.63, 3.8) is 0 Å². The molecule has 3 aromatic rings. The maximum atomic E-state index is 13.0. The predicted molar refractivity (Wildman–Crippen MR) is 157 cm³/mol. The first-order valence-corrected chi connectivity index (χ1v) is 15.2. The van der Waals surface area contributed by atoms with Gasteiger partial charge in [0.05, 0.1) is 23.2 Å². The molecule has 1 aromatic carbocycles. The third-order valence-corrected chi connectivity index (χ3v) is 8.21. The third kappa shape index (κ3) is 7.81. The molecule has 1 aliphatic carbocycles. The highest BCUT2D eigenvalue weighted by Gasteiger charge is 2.31. The fourth-order valence-electron chi connectivity index (χ4n) is 4.91. The van der Waals surface area contributed by atoms with Gasteiger partial charge in [0.2, 0.25) is 11.6 Å². The van der Waals surface area contributed by atoms with Gasteiger partial charge < -0.3 is 24.7 Å². The highest BCUT2D eigenvalue weighted by Crippen LogP contribution is 2.44. The Morgan fingerprint density at radius 1 is 1.21 bits per heavy atom. The van der Waals surface area contributed by atoms with Crippen LogP contribution < -0.4 is 10.6 Å². The van der Waals surface area contributed by atoms with Gasteiger partial charge in [0.15, 0.2) is 0 Å². The van der Waals surface area contributed by atoms with E-state index in [0.717, 1.165) is 29.5 Å². The number of pyridine rings is 1. The summed E-state index contributed by atoms with van der Waals surface area (Å²) in [5, 5.41) is 14.7. The quantitative estimate of drug-likeness (QED) is 0.174. The van der Waals surface area contributed by atoms with Gasteiger partial charge >= 0.3 is 5.97 Å². The lowest BCUT2D eigenvalue weighted by molar-refractivity contribution is -0.137. The number of furan rings is 1. The number of aryl methyl sites for hydroxylation is 1. The summed E-state index contributed by atoms with van der Waals surface area (Å²) in [7, 11) is 1.56. The number of fused-ring (bicyclic) bond motifs is 1. The molecule has 0 bridgehead atoms. The monoisotopic (exact) mass is 597 g/mol. The summed E-state index contributed by atoms with van der Waals surface area (Å²) in [6, 6.07) is 9.58. The topological polar surface area (TPSA) is 165 Å². The van der Waals surface area contributed by atoms with Crippen molar-refractivity contribution >= 4 is 40.1 Å². The van der Waals surface area contributed by atoms with Gasteiger partial charge in [-0.2, -0.15) is 0 Å². The van der Waals surface area contributed by atoms with Gasteiger partial charge in [-0.3, -0.25) is 18.6 Å². The first kappa shape index (κ1) is 31.3. The zero-order chi connectivity index (χ0) is 30.4. The smallest absolute Gasteiger partial charge is 0.303 e. The van der Waals surface area contributed by atoms with E-state index in [1.165, 1.54) is 4.31 Å². The van der Waals surface area contributed by atoms with E-state index in [-0.39, 0.29) is 55.4 Å². The standard InChI is InChI=1S/C30H38N4O7S/c1-18-8-10-21(11-9-18)27-26(29(38)31-3)23-16-22(20-12-13-20)24(33-30(23)41-27)17-34(42(39)40)15-5-6-19(2)28(37)32-14-4-7-25(35)36/h8-11,16,19-20H,4-7,12-15,17H2,1-3H3,(H,31,38)(H,32,37)(H,35,36)(H,39,40)/p-1/t19-/m0/s1. The maximum absolute atomic E-state index is 13.0. The molecule has 1 fully saturated rings. The Morgan fingerprint density at radius 3 is 2.55 bits per heavy atom. The maximum Gasteiger partial charge on any atom is 0.303 e. The van der Waals surface area contributed by atoms with Crippen molar-refractivity contribution < 1.29 is 32.7 Å². The summed E-state index contributed by atoms with van der Waals surface area (Å²) in [5.41, 5.74) is 3.99. The highest BCUT2D eigenvalue weighted by atomic mass is 32.2. The fraction of sp³-hybridized carbons (Fsp3) is 0.467. The molecule has 11 nitrogen and oxygen atoms in total. The van der Waals surface area contributed by atoms with Gasteiger partial charge in [-0.05, 0) is 56.6 Å². The van der Waals surface area contributed by atoms with Crippen molar-refractivity contribution in [1.29, 1.82) is 0 Å². The molecule has 2 aromatic heterocycles. The van der Waals surface area contributed by atoms with Crippen LogP contribution in [0.3, 0.4) is 0 Å². The second kappa shape index (κ2) is 14.0. The molecule has 0 saturated heterocycles. The van der Waals surface area contributed by atoms with Crippen molar-refractivity contribution in [3.05, 3.63) is 52.7 Å². The molecular weight excluding hydrogens is 560 g/mol. The van der Waals surface area contributed by atoms with Crippen LogP contribution in [0.5, 0.6) is 0 Å². The van der Waals surface area contributed by atoms with Crippen LogP contribution >= 0.6 is 0 Å². The van der Waals surface area contributed by atoms with E-state index < -0.39 is 17.2 Å². The number of hydrogen-bond acceptors (Lipinski definition) is 7. The largest absolute Gasteiger partial charge is 0.760 e. The lowest BCUT2D eigenvalue weighted by Gasteiger charge is -2.25. The average Bonchev–Trinajstić information content (AvgIpc) is 3.74. The number of carboxylic acid groups (broad SMARTS) is 1. The van der Waals surface area contributed by atoms with E-state index in [0.29, 0.717) is 41.7 Å². The Morgan fingerprint density at radius 2 is 1.93 bits per heavy atom. The molecule has 0 aliphatic heterocycles. The third-order valence-electron chi connectivity index (χ3n) is 7.48. The molecule has 0 radical (unpaired) electrons. The molecule has 12 heteroatoms. The molecule has 2 atom stereocenters. The average molecular weight is 598 g/mol. The number of aliphatic carboxylic acids is 1. The summed E-state index contributed by atoms with van der Waals surface area (Å²) in [6.07, 6.45) is 3.17. The minimum atomic E-state index is -2.52. The number of amides is 2. The first-order chi connectivity index (χ1) is 20.1. The van der Waals surface area contributed by atoms with Crippen LogP contribution in [0.4, 0.5) is 0 Å². The summed E-state index contributed by atoms with van der Waals surface area (Å²) in [4.78, 5) is 40.7. The van der Waals surface area contributed by atoms with Gasteiger partial charge in [-0.15, -0.1) is 0 Å². The zero-order valence-electron chi connectivity index (χ0n) is 24.1. The summed E-state index contributed by atoms with van der Waals surface area (Å²) in [6.45, 7) is 4.27. The summed E-state index contributed by atoms with van der Waals surface area (Å²) in [5.74, 6) is -1.09. The Kier molecular flexibility index (Phi) is 10.5. The van der Waals surface area contributed by atoms with Crippen LogP contribution in [0.25, 0.3) is 22.4 Å². The number of benzene rings is 1. The Balaban J connectivity index is 1.52. The molecule has 1 unspecified atom stereocenters. The molecule has 0 spiro atoms. The van der Waals surface area contributed by atoms with Crippen LogP contribution in [0.15, 0.2) is 34.7 Å². The number of rotatable bonds is 15. The van der Waals surface area contributed by atoms with Gasteiger partial charge in [0.25, 0.3) is 5.91 Å². The van der Waals surface area contributed by atoms with Crippen molar-refractivity contribution in [2.45, 2.75) is 64.8 Å². The van der Waals surface area contributed by atoms with Crippen LogP contribution in [0.2, 0.25) is 0 Å². The molecule has 226 valence electrons. The molecule has 4 rings (SSSR count). The second-order valence-electron chi connectivity index (χ2n) is 10.8. The van der Waals surface area contributed by atoms with Crippen LogP contribution in [-0.4, -0.2) is 61.1 Å². The van der Waals surface area contributed by atoms with Gasteiger partial charge in [0, 0.05) is 49.3 Å². The molecular formula is C30H37N4O7S-. The highest BCUT2D eigenvalue weighted by molar-refractivity contribution is 7.76. The zero-order valence-corrected chi connectivity index (χ0v) is 24.9. The van der Waals surface area contributed by atoms with Crippen molar-refractivity contribution in [1.82, 2.24) is 19.9 Å². The van der Waals surface area contributed by atoms with Crippen molar-refractivity contribution in [3.8, 4) is 11.3 Å². The minimum Gasteiger partial charge on any atom is -0.760 e. The number of aromatic nitrogens is 1. The number of nitrogens with one attached hydrogen (secondary N) is 2. The van der Waals surface area contributed by atoms with Crippen LogP contribution in [0.1, 0.15) is 78.5 Å². The number of carbonyl (C=O) groups is 3. The van der Waals surface area contributed by atoms with Gasteiger partial charge in [0.1, 0.15) is 5.76 Å². The van der Waals surface area contributed by atoms with Gasteiger partial charge in [-0.1, -0.05) is 36.8 Å². The van der Waals surface area contributed by atoms with Gasteiger partial charge in [-0.25, -0.2) is 9.29 Å². The minimum absolute atomic E-state index is 0.0139. The van der Waals surface area contributed by atoms with Crippen LogP contribution in [-0.2, 0) is 27.4 Å². The molecule has 2 amide bonds. The summed E-state index contributed by atoms with van der Waals surface area (Å²) >= 11 is -2.52. The van der Waals surface area contributed by atoms with E-state index in [2.05, 4.69) is 10.6 Å². The van der Waals surface area contributed by atoms with E-state index in [9.17, 15) is 23.1 Å². The Bertz CT molecular complexity index is 1470. The SMILES string of the molecule is CNC(=O)c1c(-c2ccc(C)cc2)oc2nc(CN(CCC[C@H](C)C(=O)NCCCC(=O)O)S(=O)[O-])c(C3CC3)cc12. The lowest BCUT2D eigenvalue weighted by atomic mass is 10.0. The molecule has 2 heterocycles. The number of carboxylic acids is 1. The lowest BCUT2D eigenvalue weighted by Crippen LogP contribution is -2.31. The van der Waals surface area contributed by atoms with E-state index >= 15 is 0 Å². The van der Waals surface area contributed by atoms with Crippen molar-refractivity contribution in [2.24, 2.45) is 5.92 Å².